The average molecular weight is 345 g/mol. The molecule has 1 saturated heterocycles. The lowest BCUT2D eigenvalue weighted by atomic mass is 10.2. The largest absolute Gasteiger partial charge is 0.487 e. The van der Waals surface area contributed by atoms with Crippen molar-refractivity contribution in [1.29, 1.82) is 0 Å². The molecule has 1 aromatic rings. The van der Waals surface area contributed by atoms with E-state index in [0.717, 1.165) is 25.7 Å². The topological polar surface area (TPSA) is 70.6 Å². The Morgan fingerprint density at radius 1 is 1.35 bits per heavy atom. The van der Waals surface area contributed by atoms with Crippen LogP contribution in [0.3, 0.4) is 0 Å². The Kier molecular flexibility index (Phi) is 6.21. The lowest BCUT2D eigenvalue weighted by Gasteiger charge is -2.15. The number of halogens is 2. The van der Waals surface area contributed by atoms with Crippen LogP contribution >= 0.6 is 12.4 Å². The standard InChI is InChI=1S/C16H21FN2O3.ClH/c17-13-7-10(19-16(21)14-8-11(20)9-18-14)5-6-15(13)22-12-3-1-2-4-12;/h5-7,11-12,14,18,20H,1-4,8-9H2,(H,19,21);1H. The van der Waals surface area contributed by atoms with Crippen LogP contribution in [0.4, 0.5) is 10.1 Å². The molecule has 2 fully saturated rings. The first-order chi connectivity index (χ1) is 10.6. The van der Waals surface area contributed by atoms with E-state index >= 15 is 0 Å². The maximum absolute atomic E-state index is 14.1. The van der Waals surface area contributed by atoms with Crippen LogP contribution in [-0.2, 0) is 4.79 Å². The molecule has 1 heterocycles. The van der Waals surface area contributed by atoms with Crippen LogP contribution in [0.25, 0.3) is 0 Å². The van der Waals surface area contributed by atoms with E-state index in [1.807, 2.05) is 0 Å². The molecule has 1 saturated carbocycles. The molecule has 2 atom stereocenters. The van der Waals surface area contributed by atoms with Gasteiger partial charge in [0.1, 0.15) is 0 Å². The molecule has 0 bridgehead atoms. The first kappa shape index (κ1) is 18.0. The molecule has 3 N–H and O–H groups in total. The van der Waals surface area contributed by atoms with Crippen LogP contribution in [0.5, 0.6) is 5.75 Å². The summed E-state index contributed by atoms with van der Waals surface area (Å²) in [6.45, 7) is 0.403. The van der Waals surface area contributed by atoms with Gasteiger partial charge in [-0.2, -0.15) is 0 Å². The second-order valence-electron chi connectivity index (χ2n) is 6.01. The lowest BCUT2D eigenvalue weighted by molar-refractivity contribution is -0.117. The highest BCUT2D eigenvalue weighted by Gasteiger charge is 2.28. The van der Waals surface area contributed by atoms with Crippen LogP contribution in [0, 0.1) is 5.82 Å². The Bertz CT molecular complexity index is 552. The van der Waals surface area contributed by atoms with Crippen molar-refractivity contribution in [2.45, 2.75) is 50.4 Å². The monoisotopic (exact) mass is 344 g/mol. The molecule has 2 aliphatic rings. The van der Waals surface area contributed by atoms with Gasteiger partial charge in [0.15, 0.2) is 11.6 Å². The van der Waals surface area contributed by atoms with Gasteiger partial charge in [-0.15, -0.1) is 12.4 Å². The Labute approximate surface area is 141 Å². The number of ether oxygens (including phenoxy) is 1. The third-order valence-electron chi connectivity index (χ3n) is 4.22. The van der Waals surface area contributed by atoms with Crippen LogP contribution < -0.4 is 15.4 Å². The van der Waals surface area contributed by atoms with Crippen molar-refractivity contribution in [1.82, 2.24) is 5.32 Å². The minimum absolute atomic E-state index is 0. The summed E-state index contributed by atoms with van der Waals surface area (Å²) in [4.78, 5) is 12.0. The van der Waals surface area contributed by atoms with E-state index in [1.54, 1.807) is 12.1 Å². The van der Waals surface area contributed by atoms with Gasteiger partial charge in [0.25, 0.3) is 0 Å². The molecule has 0 spiro atoms. The number of aliphatic hydroxyl groups excluding tert-OH is 1. The summed E-state index contributed by atoms with van der Waals surface area (Å²) in [5, 5.41) is 15.0. The molecular formula is C16H22ClFN2O3. The third kappa shape index (κ3) is 4.56. The molecule has 7 heteroatoms. The van der Waals surface area contributed by atoms with E-state index in [0.29, 0.717) is 18.7 Å². The van der Waals surface area contributed by atoms with Crippen molar-refractivity contribution >= 4 is 24.0 Å². The molecule has 5 nitrogen and oxygen atoms in total. The number of benzene rings is 1. The van der Waals surface area contributed by atoms with Gasteiger partial charge in [-0.1, -0.05) is 0 Å². The molecule has 0 radical (unpaired) electrons. The SMILES string of the molecule is Cl.O=C(Nc1ccc(OC2CCCC2)c(F)c1)C1CC(O)CN1. The molecule has 0 aromatic heterocycles. The van der Waals surface area contributed by atoms with Crippen molar-refractivity contribution in [3.05, 3.63) is 24.0 Å². The highest BCUT2D eigenvalue weighted by Crippen LogP contribution is 2.27. The summed E-state index contributed by atoms with van der Waals surface area (Å²) < 4.78 is 19.7. The number of carbonyl (C=O) groups is 1. The van der Waals surface area contributed by atoms with Gasteiger partial charge in [-0.05, 0) is 44.2 Å². The Balaban J connectivity index is 0.00000192. The second kappa shape index (κ2) is 7.95. The molecule has 2 unspecified atom stereocenters. The van der Waals surface area contributed by atoms with Crippen LogP contribution in [0.2, 0.25) is 0 Å². The molecule has 3 rings (SSSR count). The summed E-state index contributed by atoms with van der Waals surface area (Å²) in [5.74, 6) is -0.496. The first-order valence-electron chi connectivity index (χ1n) is 7.80. The number of aliphatic hydroxyl groups is 1. The van der Waals surface area contributed by atoms with Gasteiger partial charge in [0.05, 0.1) is 18.2 Å². The van der Waals surface area contributed by atoms with Crippen LogP contribution in [-0.4, -0.2) is 35.8 Å². The van der Waals surface area contributed by atoms with Crippen molar-refractivity contribution in [2.75, 3.05) is 11.9 Å². The smallest absolute Gasteiger partial charge is 0.241 e. The van der Waals surface area contributed by atoms with Crippen LogP contribution in [0.1, 0.15) is 32.1 Å². The molecular weight excluding hydrogens is 323 g/mol. The molecule has 128 valence electrons. The average Bonchev–Trinajstić information content (AvgIpc) is 3.13. The Morgan fingerprint density at radius 2 is 2.09 bits per heavy atom. The normalized spacial score (nSPS) is 24.3. The fourth-order valence-corrected chi connectivity index (χ4v) is 3.01. The Morgan fingerprint density at radius 3 is 2.70 bits per heavy atom. The maximum Gasteiger partial charge on any atom is 0.241 e. The quantitative estimate of drug-likeness (QED) is 0.783. The zero-order valence-electron chi connectivity index (χ0n) is 12.8. The van der Waals surface area contributed by atoms with Gasteiger partial charge < -0.3 is 20.5 Å². The fraction of sp³-hybridized carbons (Fsp3) is 0.562. The number of carbonyl (C=O) groups excluding carboxylic acids is 1. The summed E-state index contributed by atoms with van der Waals surface area (Å²) in [7, 11) is 0. The van der Waals surface area contributed by atoms with Gasteiger partial charge >= 0.3 is 0 Å². The van der Waals surface area contributed by atoms with E-state index in [-0.39, 0.29) is 30.2 Å². The predicted octanol–water partition coefficient (Wildman–Crippen LogP) is 2.23. The Hall–Kier alpha value is -1.37. The van der Waals surface area contributed by atoms with Crippen molar-refractivity contribution in [3.63, 3.8) is 0 Å². The van der Waals surface area contributed by atoms with Crippen molar-refractivity contribution in [3.8, 4) is 5.75 Å². The predicted molar refractivity (Wildman–Crippen MR) is 87.6 cm³/mol. The number of amides is 1. The summed E-state index contributed by atoms with van der Waals surface area (Å²) in [6.07, 6.45) is 4.15. The first-order valence-corrected chi connectivity index (χ1v) is 7.80. The molecule has 1 aliphatic heterocycles. The van der Waals surface area contributed by atoms with E-state index in [1.165, 1.54) is 6.07 Å². The number of rotatable bonds is 4. The van der Waals surface area contributed by atoms with Crippen LogP contribution in [0.15, 0.2) is 18.2 Å². The minimum Gasteiger partial charge on any atom is -0.487 e. The molecule has 1 aromatic carbocycles. The number of nitrogens with one attached hydrogen (secondary N) is 2. The summed E-state index contributed by atoms with van der Waals surface area (Å²) >= 11 is 0. The van der Waals surface area contributed by atoms with Crippen molar-refractivity contribution in [2.24, 2.45) is 0 Å². The zero-order valence-corrected chi connectivity index (χ0v) is 13.6. The van der Waals surface area contributed by atoms with Gasteiger partial charge in [0, 0.05) is 18.3 Å². The highest BCUT2D eigenvalue weighted by atomic mass is 35.5. The third-order valence-corrected chi connectivity index (χ3v) is 4.22. The zero-order chi connectivity index (χ0) is 15.5. The highest BCUT2D eigenvalue weighted by molar-refractivity contribution is 5.95. The van der Waals surface area contributed by atoms with Gasteiger partial charge in [-0.25, -0.2) is 4.39 Å². The van der Waals surface area contributed by atoms with Gasteiger partial charge in [-0.3, -0.25) is 4.79 Å². The maximum atomic E-state index is 14.1. The van der Waals surface area contributed by atoms with E-state index < -0.39 is 18.0 Å². The van der Waals surface area contributed by atoms with E-state index in [2.05, 4.69) is 10.6 Å². The van der Waals surface area contributed by atoms with Gasteiger partial charge in [0.2, 0.25) is 5.91 Å². The lowest BCUT2D eigenvalue weighted by Crippen LogP contribution is -2.35. The number of hydrogen-bond donors (Lipinski definition) is 3. The molecule has 1 amide bonds. The van der Waals surface area contributed by atoms with Crippen molar-refractivity contribution < 1.29 is 19.0 Å². The fourth-order valence-electron chi connectivity index (χ4n) is 3.01. The van der Waals surface area contributed by atoms with E-state index in [4.69, 9.17) is 4.74 Å². The minimum atomic E-state index is -0.505. The van der Waals surface area contributed by atoms with E-state index in [9.17, 15) is 14.3 Å². The summed E-state index contributed by atoms with van der Waals surface area (Å²) in [6, 6.07) is 4.03. The molecule has 1 aliphatic carbocycles. The number of anilines is 1. The number of hydrogen-bond acceptors (Lipinski definition) is 4. The second-order valence-corrected chi connectivity index (χ2v) is 6.01. The number of β-amino-alcohol motifs (C(OH)–C–C–N with tert-alkyl or cyclic N) is 1. The molecule has 23 heavy (non-hydrogen) atoms. The summed E-state index contributed by atoms with van der Waals surface area (Å²) in [5.41, 5.74) is 0.393.